The van der Waals surface area contributed by atoms with E-state index in [0.717, 1.165) is 6.07 Å². The molecular weight excluding hydrogens is 294 g/mol. The Morgan fingerprint density at radius 1 is 1.53 bits per heavy atom. The van der Waals surface area contributed by atoms with Crippen LogP contribution in [0.3, 0.4) is 0 Å². The molecule has 7 nitrogen and oxygen atoms in total. The number of hydrogen-bond acceptors (Lipinski definition) is 5. The van der Waals surface area contributed by atoms with Crippen molar-refractivity contribution in [2.75, 3.05) is 6.54 Å². The van der Waals surface area contributed by atoms with Gasteiger partial charge in [0.25, 0.3) is 5.69 Å². The summed E-state index contributed by atoms with van der Waals surface area (Å²) >= 11 is 5.75. The Bertz CT molecular complexity index is 574. The maximum Gasteiger partial charge on any atom is 0.290 e. The average molecular weight is 308 g/mol. The third-order valence-corrected chi connectivity index (χ3v) is 4.28. The zero-order chi connectivity index (χ0) is 14.6. The predicted molar refractivity (Wildman–Crippen MR) is 71.6 cm³/mol. The Labute approximate surface area is 115 Å². The van der Waals surface area contributed by atoms with Crippen LogP contribution in [-0.4, -0.2) is 25.9 Å². The van der Waals surface area contributed by atoms with E-state index in [2.05, 4.69) is 4.72 Å². The van der Waals surface area contributed by atoms with Crippen molar-refractivity contribution in [1.82, 2.24) is 4.72 Å². The second-order valence-corrected chi connectivity index (χ2v) is 6.12. The molecular formula is C10H14ClN3O4S. The van der Waals surface area contributed by atoms with E-state index < -0.39 is 25.5 Å². The van der Waals surface area contributed by atoms with Gasteiger partial charge in [0.1, 0.15) is 0 Å². The van der Waals surface area contributed by atoms with Crippen LogP contribution in [-0.2, 0) is 10.0 Å². The summed E-state index contributed by atoms with van der Waals surface area (Å²) in [5, 5.41) is 10.6. The van der Waals surface area contributed by atoms with Gasteiger partial charge in [-0.2, -0.15) is 0 Å². The molecule has 1 rings (SSSR count). The SMILES string of the molecule is CC(N)CCNS(=O)(=O)c1c(Cl)cccc1[N+](=O)[O-]. The van der Waals surface area contributed by atoms with Crippen molar-refractivity contribution < 1.29 is 13.3 Å². The number of nitrogens with one attached hydrogen (secondary N) is 1. The highest BCUT2D eigenvalue weighted by atomic mass is 35.5. The molecule has 1 aromatic rings. The van der Waals surface area contributed by atoms with Crippen LogP contribution < -0.4 is 10.5 Å². The summed E-state index contributed by atoms with van der Waals surface area (Å²) in [4.78, 5) is 9.53. The number of nitrogens with zero attached hydrogens (tertiary/aromatic N) is 1. The van der Waals surface area contributed by atoms with E-state index in [4.69, 9.17) is 17.3 Å². The highest BCUT2D eigenvalue weighted by molar-refractivity contribution is 7.89. The zero-order valence-corrected chi connectivity index (χ0v) is 11.7. The fourth-order valence-corrected chi connectivity index (χ4v) is 3.15. The quantitative estimate of drug-likeness (QED) is 0.606. The van der Waals surface area contributed by atoms with Crippen LogP contribution in [0.4, 0.5) is 5.69 Å². The molecule has 0 spiro atoms. The molecule has 0 saturated carbocycles. The van der Waals surface area contributed by atoms with Crippen LogP contribution >= 0.6 is 11.6 Å². The first-order chi connectivity index (χ1) is 8.75. The number of sulfonamides is 1. The minimum Gasteiger partial charge on any atom is -0.328 e. The van der Waals surface area contributed by atoms with Crippen LogP contribution in [0.1, 0.15) is 13.3 Å². The monoisotopic (exact) mass is 307 g/mol. The number of nitro benzene ring substituents is 1. The lowest BCUT2D eigenvalue weighted by molar-refractivity contribution is -0.387. The first-order valence-corrected chi connectivity index (χ1v) is 7.30. The number of halogens is 1. The van der Waals surface area contributed by atoms with Gasteiger partial charge in [0.2, 0.25) is 10.0 Å². The molecule has 1 unspecified atom stereocenters. The van der Waals surface area contributed by atoms with Crippen LogP contribution in [0.5, 0.6) is 0 Å². The van der Waals surface area contributed by atoms with Gasteiger partial charge in [-0.05, 0) is 19.4 Å². The van der Waals surface area contributed by atoms with E-state index in [0.29, 0.717) is 6.42 Å². The van der Waals surface area contributed by atoms with Crippen molar-refractivity contribution in [2.24, 2.45) is 5.73 Å². The number of benzene rings is 1. The molecule has 0 amide bonds. The molecule has 0 radical (unpaired) electrons. The molecule has 0 heterocycles. The van der Waals surface area contributed by atoms with Crippen LogP contribution in [0.2, 0.25) is 5.02 Å². The molecule has 0 aromatic heterocycles. The zero-order valence-electron chi connectivity index (χ0n) is 10.2. The molecule has 3 N–H and O–H groups in total. The largest absolute Gasteiger partial charge is 0.328 e. The second kappa shape index (κ2) is 6.29. The Morgan fingerprint density at radius 3 is 2.68 bits per heavy atom. The van der Waals surface area contributed by atoms with Gasteiger partial charge < -0.3 is 5.73 Å². The first-order valence-electron chi connectivity index (χ1n) is 5.44. The summed E-state index contributed by atoms with van der Waals surface area (Å²) in [5.41, 5.74) is 4.94. The Hall–Kier alpha value is -1.22. The van der Waals surface area contributed by atoms with Gasteiger partial charge in [0, 0.05) is 18.7 Å². The average Bonchev–Trinajstić information content (AvgIpc) is 2.27. The van der Waals surface area contributed by atoms with Gasteiger partial charge in [-0.15, -0.1) is 0 Å². The lowest BCUT2D eigenvalue weighted by Gasteiger charge is -2.09. The molecule has 0 aliphatic heterocycles. The molecule has 0 fully saturated rings. The maximum atomic E-state index is 12.0. The minimum absolute atomic E-state index is 0.0857. The molecule has 0 aliphatic rings. The van der Waals surface area contributed by atoms with Crippen LogP contribution in [0.25, 0.3) is 0 Å². The molecule has 0 bridgehead atoms. The number of hydrogen-bond donors (Lipinski definition) is 2. The Morgan fingerprint density at radius 2 is 2.16 bits per heavy atom. The standard InChI is InChI=1S/C10H14ClN3O4S/c1-7(12)5-6-13-19(17,18)10-8(11)3-2-4-9(10)14(15)16/h2-4,7,13H,5-6,12H2,1H3. The summed E-state index contributed by atoms with van der Waals surface area (Å²) in [5.74, 6) is 0. The van der Waals surface area contributed by atoms with Crippen LogP contribution in [0.15, 0.2) is 23.1 Å². The normalized spacial score (nSPS) is 13.2. The summed E-state index contributed by atoms with van der Waals surface area (Å²) in [6.45, 7) is 1.81. The summed E-state index contributed by atoms with van der Waals surface area (Å²) < 4.78 is 26.3. The topological polar surface area (TPSA) is 115 Å². The van der Waals surface area contributed by atoms with E-state index in [1.54, 1.807) is 6.92 Å². The van der Waals surface area contributed by atoms with Crippen molar-refractivity contribution in [3.63, 3.8) is 0 Å². The second-order valence-electron chi connectivity index (χ2n) is 4.01. The fourth-order valence-electron chi connectivity index (χ4n) is 1.40. The minimum atomic E-state index is -4.04. The predicted octanol–water partition coefficient (Wildman–Crippen LogP) is 1.26. The Balaban J connectivity index is 3.10. The number of nitrogens with two attached hydrogens (primary N) is 1. The lowest BCUT2D eigenvalue weighted by Crippen LogP contribution is -2.29. The molecule has 1 atom stereocenters. The summed E-state index contributed by atoms with van der Waals surface area (Å²) in [7, 11) is -4.04. The lowest BCUT2D eigenvalue weighted by atomic mass is 10.3. The molecule has 0 saturated heterocycles. The van der Waals surface area contributed by atoms with Crippen molar-refractivity contribution >= 4 is 27.3 Å². The van der Waals surface area contributed by atoms with E-state index in [1.807, 2.05) is 0 Å². The van der Waals surface area contributed by atoms with Crippen molar-refractivity contribution in [1.29, 1.82) is 0 Å². The van der Waals surface area contributed by atoms with Gasteiger partial charge in [-0.1, -0.05) is 17.7 Å². The van der Waals surface area contributed by atoms with Crippen molar-refractivity contribution in [3.8, 4) is 0 Å². The third-order valence-electron chi connectivity index (χ3n) is 2.30. The Kier molecular flexibility index (Phi) is 5.24. The molecule has 106 valence electrons. The molecule has 9 heteroatoms. The van der Waals surface area contributed by atoms with E-state index in [1.165, 1.54) is 12.1 Å². The molecule has 1 aromatic carbocycles. The molecule has 19 heavy (non-hydrogen) atoms. The third kappa shape index (κ3) is 4.13. The van der Waals surface area contributed by atoms with E-state index in [9.17, 15) is 18.5 Å². The van der Waals surface area contributed by atoms with Crippen LogP contribution in [0, 0.1) is 10.1 Å². The summed E-state index contributed by atoms with van der Waals surface area (Å²) in [6.07, 6.45) is 0.414. The van der Waals surface area contributed by atoms with Crippen molar-refractivity contribution in [3.05, 3.63) is 33.3 Å². The van der Waals surface area contributed by atoms with Gasteiger partial charge >= 0.3 is 0 Å². The highest BCUT2D eigenvalue weighted by Gasteiger charge is 2.28. The van der Waals surface area contributed by atoms with Gasteiger partial charge in [0.05, 0.1) is 9.95 Å². The smallest absolute Gasteiger partial charge is 0.290 e. The first kappa shape index (κ1) is 15.8. The van der Waals surface area contributed by atoms with E-state index in [-0.39, 0.29) is 17.6 Å². The maximum absolute atomic E-state index is 12.0. The van der Waals surface area contributed by atoms with Gasteiger partial charge in [0.15, 0.2) is 4.90 Å². The van der Waals surface area contributed by atoms with Crippen molar-refractivity contribution in [2.45, 2.75) is 24.3 Å². The van der Waals surface area contributed by atoms with Gasteiger partial charge in [-0.25, -0.2) is 13.1 Å². The van der Waals surface area contributed by atoms with E-state index >= 15 is 0 Å². The van der Waals surface area contributed by atoms with Gasteiger partial charge in [-0.3, -0.25) is 10.1 Å². The summed E-state index contributed by atoms with van der Waals surface area (Å²) in [6, 6.07) is 3.52. The fraction of sp³-hybridized carbons (Fsp3) is 0.400. The highest BCUT2D eigenvalue weighted by Crippen LogP contribution is 2.30. The number of rotatable bonds is 6. The molecule has 0 aliphatic carbocycles. The number of nitro groups is 1.